The molecule has 1 fully saturated rings. The molecule has 0 aliphatic heterocycles. The van der Waals surface area contributed by atoms with E-state index in [1.807, 2.05) is 0 Å². The molecule has 0 heterocycles. The van der Waals surface area contributed by atoms with Crippen LogP contribution in [0.3, 0.4) is 0 Å². The minimum atomic E-state index is -0.494. The van der Waals surface area contributed by atoms with Crippen LogP contribution >= 0.6 is 0 Å². The molecule has 0 aromatic rings. The molecule has 0 radical (unpaired) electrons. The van der Waals surface area contributed by atoms with Crippen molar-refractivity contribution in [3.8, 4) is 0 Å². The third kappa shape index (κ3) is 3.18. The Bertz CT molecular complexity index is 189. The van der Waals surface area contributed by atoms with Gasteiger partial charge >= 0.3 is 0 Å². The number of nitrogens with one attached hydrogen (secondary N) is 1. The predicted octanol–water partition coefficient (Wildman–Crippen LogP) is 2.56. The molecule has 0 aromatic heterocycles. The molecule has 3 atom stereocenters. The molecule has 3 unspecified atom stereocenters. The van der Waals surface area contributed by atoms with Crippen molar-refractivity contribution in [2.24, 2.45) is 11.8 Å². The molecule has 0 saturated heterocycles. The summed E-state index contributed by atoms with van der Waals surface area (Å²) >= 11 is 0. The van der Waals surface area contributed by atoms with E-state index in [1.165, 1.54) is 12.8 Å². The molecule has 0 bridgehead atoms. The number of rotatable bonds is 5. The summed E-state index contributed by atoms with van der Waals surface area (Å²) < 4.78 is 0. The van der Waals surface area contributed by atoms with Crippen LogP contribution < -0.4 is 5.32 Å². The predicted molar refractivity (Wildman–Crippen MR) is 64.9 cm³/mol. The van der Waals surface area contributed by atoms with Crippen LogP contribution in [0.15, 0.2) is 0 Å². The zero-order chi connectivity index (χ0) is 11.5. The zero-order valence-electron chi connectivity index (χ0n) is 10.7. The fourth-order valence-corrected chi connectivity index (χ4v) is 2.47. The van der Waals surface area contributed by atoms with Gasteiger partial charge in [0.05, 0.1) is 5.60 Å². The van der Waals surface area contributed by atoms with Crippen LogP contribution in [0.5, 0.6) is 0 Å². The third-order valence-electron chi connectivity index (χ3n) is 4.47. The van der Waals surface area contributed by atoms with E-state index < -0.39 is 5.60 Å². The van der Waals surface area contributed by atoms with Gasteiger partial charge in [-0.05, 0) is 37.5 Å². The van der Waals surface area contributed by atoms with Crippen LogP contribution in [-0.2, 0) is 0 Å². The first kappa shape index (κ1) is 13.0. The molecule has 15 heavy (non-hydrogen) atoms. The van der Waals surface area contributed by atoms with E-state index in [2.05, 4.69) is 33.0 Å². The summed E-state index contributed by atoms with van der Waals surface area (Å²) in [5, 5.41) is 13.7. The molecule has 1 rings (SSSR count). The highest BCUT2D eigenvalue weighted by molar-refractivity contribution is 4.88. The lowest BCUT2D eigenvalue weighted by Gasteiger charge is -2.29. The van der Waals surface area contributed by atoms with Crippen LogP contribution in [-0.4, -0.2) is 23.3 Å². The van der Waals surface area contributed by atoms with Gasteiger partial charge in [0.25, 0.3) is 0 Å². The maximum atomic E-state index is 10.2. The quantitative estimate of drug-likeness (QED) is 0.735. The highest BCUT2D eigenvalue weighted by Gasteiger charge is 2.31. The van der Waals surface area contributed by atoms with E-state index in [1.54, 1.807) is 0 Å². The van der Waals surface area contributed by atoms with Crippen LogP contribution in [0, 0.1) is 11.8 Å². The van der Waals surface area contributed by atoms with E-state index in [-0.39, 0.29) is 0 Å². The summed E-state index contributed by atoms with van der Waals surface area (Å²) in [6, 6.07) is 0.615. The molecule has 0 spiro atoms. The molecule has 2 N–H and O–H groups in total. The Morgan fingerprint density at radius 3 is 2.20 bits per heavy atom. The number of hydrogen-bond donors (Lipinski definition) is 2. The van der Waals surface area contributed by atoms with Gasteiger partial charge in [-0.25, -0.2) is 0 Å². The first-order valence-corrected chi connectivity index (χ1v) is 6.48. The first-order chi connectivity index (χ1) is 7.02. The average Bonchev–Trinajstić information content (AvgIpc) is 2.57. The number of aliphatic hydroxyl groups is 1. The molecule has 1 saturated carbocycles. The van der Waals surface area contributed by atoms with Gasteiger partial charge in [0.15, 0.2) is 0 Å². The summed E-state index contributed by atoms with van der Waals surface area (Å²) in [6.45, 7) is 9.53. The second-order valence-electron chi connectivity index (χ2n) is 5.33. The Morgan fingerprint density at radius 1 is 1.20 bits per heavy atom. The van der Waals surface area contributed by atoms with Gasteiger partial charge in [-0.3, -0.25) is 0 Å². The number of hydrogen-bond acceptors (Lipinski definition) is 2. The second-order valence-corrected chi connectivity index (χ2v) is 5.33. The van der Waals surface area contributed by atoms with Gasteiger partial charge in [0.2, 0.25) is 0 Å². The summed E-state index contributed by atoms with van der Waals surface area (Å²) in [4.78, 5) is 0. The van der Waals surface area contributed by atoms with Gasteiger partial charge in [-0.1, -0.05) is 27.7 Å². The van der Waals surface area contributed by atoms with Gasteiger partial charge in [0.1, 0.15) is 0 Å². The monoisotopic (exact) mass is 213 g/mol. The maximum absolute atomic E-state index is 10.2. The standard InChI is InChI=1S/C13H27NO/c1-5-13(15,6-2)9-14-12-8-7-10(3)11(12)4/h10-12,14-15H,5-9H2,1-4H3. The highest BCUT2D eigenvalue weighted by Crippen LogP contribution is 2.31. The fourth-order valence-electron chi connectivity index (χ4n) is 2.47. The van der Waals surface area contributed by atoms with Gasteiger partial charge in [-0.15, -0.1) is 0 Å². The topological polar surface area (TPSA) is 32.3 Å². The molecule has 1 aliphatic carbocycles. The molecule has 1 aliphatic rings. The zero-order valence-corrected chi connectivity index (χ0v) is 10.7. The molecule has 0 amide bonds. The SMILES string of the molecule is CCC(O)(CC)CNC1CCC(C)C1C. The summed E-state index contributed by atoms with van der Waals surface area (Å²) in [5.74, 6) is 1.59. The van der Waals surface area contributed by atoms with E-state index in [0.29, 0.717) is 6.04 Å². The van der Waals surface area contributed by atoms with Gasteiger partial charge in [0, 0.05) is 12.6 Å². The van der Waals surface area contributed by atoms with Crippen molar-refractivity contribution in [3.05, 3.63) is 0 Å². The smallest absolute Gasteiger partial charge is 0.0766 e. The minimum Gasteiger partial charge on any atom is -0.389 e. The van der Waals surface area contributed by atoms with Crippen molar-refractivity contribution < 1.29 is 5.11 Å². The lowest BCUT2D eigenvalue weighted by Crippen LogP contribution is -2.45. The Labute approximate surface area is 94.5 Å². The molecular weight excluding hydrogens is 186 g/mol. The second kappa shape index (κ2) is 5.31. The van der Waals surface area contributed by atoms with E-state index in [0.717, 1.165) is 31.2 Å². The van der Waals surface area contributed by atoms with Crippen LogP contribution in [0.4, 0.5) is 0 Å². The summed E-state index contributed by atoms with van der Waals surface area (Å²) in [6.07, 6.45) is 4.28. The first-order valence-electron chi connectivity index (χ1n) is 6.48. The minimum absolute atomic E-state index is 0.494. The molecule has 0 aromatic carbocycles. The third-order valence-corrected chi connectivity index (χ3v) is 4.47. The van der Waals surface area contributed by atoms with Crippen LogP contribution in [0.1, 0.15) is 53.4 Å². The molecule has 2 heteroatoms. The molecule has 90 valence electrons. The van der Waals surface area contributed by atoms with Crippen LogP contribution in [0.2, 0.25) is 0 Å². The van der Waals surface area contributed by atoms with Crippen molar-refractivity contribution in [1.82, 2.24) is 5.32 Å². The lowest BCUT2D eigenvalue weighted by atomic mass is 9.94. The summed E-state index contributed by atoms with van der Waals surface area (Å²) in [7, 11) is 0. The fraction of sp³-hybridized carbons (Fsp3) is 1.00. The lowest BCUT2D eigenvalue weighted by molar-refractivity contribution is 0.0286. The van der Waals surface area contributed by atoms with Gasteiger partial charge < -0.3 is 10.4 Å². The Hall–Kier alpha value is -0.0800. The van der Waals surface area contributed by atoms with Crippen molar-refractivity contribution in [2.45, 2.75) is 65.0 Å². The Balaban J connectivity index is 2.37. The van der Waals surface area contributed by atoms with Crippen molar-refractivity contribution in [1.29, 1.82) is 0 Å². The normalized spacial score (nSPS) is 32.2. The van der Waals surface area contributed by atoms with E-state index >= 15 is 0 Å². The molecular formula is C13H27NO. The van der Waals surface area contributed by atoms with E-state index in [4.69, 9.17) is 0 Å². The Morgan fingerprint density at radius 2 is 1.80 bits per heavy atom. The Kier molecular flexibility index (Phi) is 4.60. The van der Waals surface area contributed by atoms with Crippen molar-refractivity contribution in [3.63, 3.8) is 0 Å². The molecule has 2 nitrogen and oxygen atoms in total. The largest absolute Gasteiger partial charge is 0.389 e. The average molecular weight is 213 g/mol. The highest BCUT2D eigenvalue weighted by atomic mass is 16.3. The maximum Gasteiger partial charge on any atom is 0.0766 e. The van der Waals surface area contributed by atoms with E-state index in [9.17, 15) is 5.11 Å². The van der Waals surface area contributed by atoms with Gasteiger partial charge in [-0.2, -0.15) is 0 Å². The van der Waals surface area contributed by atoms with Crippen molar-refractivity contribution in [2.75, 3.05) is 6.54 Å². The summed E-state index contributed by atoms with van der Waals surface area (Å²) in [5.41, 5.74) is -0.494. The van der Waals surface area contributed by atoms with Crippen molar-refractivity contribution >= 4 is 0 Å². The van der Waals surface area contributed by atoms with Crippen LogP contribution in [0.25, 0.3) is 0 Å².